The molecule has 7 heteroatoms. The maximum Gasteiger partial charge on any atom is 0.295 e. The zero-order valence-electron chi connectivity index (χ0n) is 17.4. The van der Waals surface area contributed by atoms with Crippen molar-refractivity contribution in [3.05, 3.63) is 64.2 Å². The Bertz CT molecular complexity index is 1060. The molecule has 2 aromatic rings. The van der Waals surface area contributed by atoms with Gasteiger partial charge in [0, 0.05) is 11.1 Å². The zero-order chi connectivity index (χ0) is 22.1. The maximum atomic E-state index is 13.2. The van der Waals surface area contributed by atoms with Gasteiger partial charge in [0.05, 0.1) is 31.4 Å². The number of hydrogen-bond acceptors (Lipinski definition) is 5. The van der Waals surface area contributed by atoms with Crippen molar-refractivity contribution in [2.75, 3.05) is 14.2 Å². The second-order valence-corrected chi connectivity index (χ2v) is 8.20. The van der Waals surface area contributed by atoms with Gasteiger partial charge in [-0.25, -0.2) is 0 Å². The molecule has 1 saturated carbocycles. The molecular formula is C24H24ClNO5. The molecule has 4 rings (SSSR count). The lowest BCUT2D eigenvalue weighted by atomic mass is 9.94. The number of methoxy groups -OCH3 is 2. The number of ether oxygens (including phenoxy) is 2. The van der Waals surface area contributed by atoms with Crippen molar-refractivity contribution >= 4 is 29.1 Å². The van der Waals surface area contributed by atoms with Crippen LogP contribution in [-0.4, -0.2) is 42.0 Å². The molecule has 1 heterocycles. The smallest absolute Gasteiger partial charge is 0.295 e. The van der Waals surface area contributed by atoms with E-state index in [-0.39, 0.29) is 22.9 Å². The van der Waals surface area contributed by atoms with Crippen LogP contribution >= 0.6 is 11.6 Å². The molecule has 2 aromatic carbocycles. The fourth-order valence-corrected chi connectivity index (χ4v) is 4.73. The van der Waals surface area contributed by atoms with E-state index in [0.29, 0.717) is 22.1 Å². The summed E-state index contributed by atoms with van der Waals surface area (Å²) in [6.45, 7) is 0. The lowest BCUT2D eigenvalue weighted by Crippen LogP contribution is -2.37. The van der Waals surface area contributed by atoms with Crippen molar-refractivity contribution in [3.63, 3.8) is 0 Å². The molecule has 1 aliphatic heterocycles. The van der Waals surface area contributed by atoms with Crippen LogP contribution < -0.4 is 9.47 Å². The number of benzene rings is 2. The monoisotopic (exact) mass is 441 g/mol. The van der Waals surface area contributed by atoms with Crippen molar-refractivity contribution in [2.24, 2.45) is 0 Å². The molecule has 1 unspecified atom stereocenters. The first-order chi connectivity index (χ1) is 15.0. The summed E-state index contributed by atoms with van der Waals surface area (Å²) in [6, 6.07) is 11.2. The van der Waals surface area contributed by atoms with Gasteiger partial charge in [0.25, 0.3) is 11.7 Å². The van der Waals surface area contributed by atoms with Gasteiger partial charge in [-0.3, -0.25) is 9.59 Å². The minimum Gasteiger partial charge on any atom is -0.507 e. The van der Waals surface area contributed by atoms with E-state index < -0.39 is 17.7 Å². The molecule has 0 radical (unpaired) electrons. The number of aliphatic hydroxyl groups is 1. The van der Waals surface area contributed by atoms with Crippen LogP contribution in [-0.2, 0) is 9.59 Å². The molecule has 2 fully saturated rings. The third kappa shape index (κ3) is 3.76. The Kier molecular flexibility index (Phi) is 5.92. The van der Waals surface area contributed by atoms with E-state index in [0.717, 1.165) is 25.7 Å². The molecule has 0 bridgehead atoms. The number of rotatable bonds is 5. The van der Waals surface area contributed by atoms with Gasteiger partial charge in [-0.05, 0) is 48.7 Å². The molecule has 1 aliphatic carbocycles. The summed E-state index contributed by atoms with van der Waals surface area (Å²) in [4.78, 5) is 28.0. The molecule has 0 spiro atoms. The summed E-state index contributed by atoms with van der Waals surface area (Å²) in [5, 5.41) is 11.7. The number of nitrogens with zero attached hydrogens (tertiary/aromatic N) is 1. The maximum absolute atomic E-state index is 13.2. The molecule has 31 heavy (non-hydrogen) atoms. The number of aliphatic hydroxyl groups excluding tert-OH is 1. The van der Waals surface area contributed by atoms with E-state index >= 15 is 0 Å². The molecule has 0 aromatic heterocycles. The van der Waals surface area contributed by atoms with Crippen LogP contribution in [0.1, 0.15) is 42.9 Å². The van der Waals surface area contributed by atoms with Crippen molar-refractivity contribution in [1.29, 1.82) is 0 Å². The minimum atomic E-state index is -0.720. The number of amides is 1. The topological polar surface area (TPSA) is 76.1 Å². The van der Waals surface area contributed by atoms with Gasteiger partial charge in [-0.1, -0.05) is 36.6 Å². The van der Waals surface area contributed by atoms with E-state index in [1.807, 2.05) is 12.1 Å². The van der Waals surface area contributed by atoms with Gasteiger partial charge in [0.1, 0.15) is 17.3 Å². The number of hydrogen-bond donors (Lipinski definition) is 1. The molecular weight excluding hydrogens is 418 g/mol. The molecule has 6 nitrogen and oxygen atoms in total. The quantitative estimate of drug-likeness (QED) is 0.412. The summed E-state index contributed by atoms with van der Waals surface area (Å²) in [5.74, 6) is -0.638. The third-order valence-electron chi connectivity index (χ3n) is 6.02. The Morgan fingerprint density at radius 1 is 1.06 bits per heavy atom. The van der Waals surface area contributed by atoms with E-state index in [2.05, 4.69) is 0 Å². The van der Waals surface area contributed by atoms with Crippen molar-refractivity contribution in [1.82, 2.24) is 4.90 Å². The van der Waals surface area contributed by atoms with Crippen LogP contribution in [0.3, 0.4) is 0 Å². The predicted molar refractivity (Wildman–Crippen MR) is 117 cm³/mol. The Morgan fingerprint density at radius 3 is 2.48 bits per heavy atom. The average Bonchev–Trinajstić information content (AvgIpc) is 3.40. The van der Waals surface area contributed by atoms with Crippen LogP contribution in [0.4, 0.5) is 0 Å². The van der Waals surface area contributed by atoms with Gasteiger partial charge >= 0.3 is 0 Å². The summed E-state index contributed by atoms with van der Waals surface area (Å²) in [6.07, 6.45) is 3.66. The Morgan fingerprint density at radius 2 is 1.81 bits per heavy atom. The first-order valence-electron chi connectivity index (χ1n) is 10.2. The third-order valence-corrected chi connectivity index (χ3v) is 6.26. The van der Waals surface area contributed by atoms with Gasteiger partial charge in [0.15, 0.2) is 0 Å². The summed E-state index contributed by atoms with van der Waals surface area (Å²) >= 11 is 6.15. The fourth-order valence-electron chi connectivity index (χ4n) is 4.56. The molecule has 2 aliphatic rings. The Labute approximate surface area is 186 Å². The Hall–Kier alpha value is -2.99. The lowest BCUT2D eigenvalue weighted by molar-refractivity contribution is -0.141. The lowest BCUT2D eigenvalue weighted by Gasteiger charge is -2.31. The predicted octanol–water partition coefficient (Wildman–Crippen LogP) is 4.72. The van der Waals surface area contributed by atoms with Gasteiger partial charge in [0.2, 0.25) is 0 Å². The van der Waals surface area contributed by atoms with Crippen molar-refractivity contribution in [2.45, 2.75) is 37.8 Å². The molecule has 1 amide bonds. The number of ketones is 1. The van der Waals surface area contributed by atoms with E-state index in [4.69, 9.17) is 21.1 Å². The van der Waals surface area contributed by atoms with Gasteiger partial charge in [-0.15, -0.1) is 0 Å². The molecule has 1 N–H and O–H groups in total. The molecule has 162 valence electrons. The first-order valence-corrected chi connectivity index (χ1v) is 10.6. The second kappa shape index (κ2) is 8.63. The van der Waals surface area contributed by atoms with E-state index in [1.54, 1.807) is 36.3 Å². The standard InChI is InChI=1S/C24H24ClNO5/c1-30-17-9-5-6-14(12-17)21-20(22(27)18-13-15(25)10-11-19(18)31-2)23(28)24(29)26(21)16-7-3-4-8-16/h5-6,9-13,16,21,27H,3-4,7-8H2,1-2H3/b22-20+. The van der Waals surface area contributed by atoms with Crippen LogP contribution in [0.5, 0.6) is 11.5 Å². The minimum absolute atomic E-state index is 0.0331. The highest BCUT2D eigenvalue weighted by molar-refractivity contribution is 6.46. The van der Waals surface area contributed by atoms with Crippen molar-refractivity contribution < 1.29 is 24.2 Å². The van der Waals surface area contributed by atoms with Gasteiger partial charge in [-0.2, -0.15) is 0 Å². The summed E-state index contributed by atoms with van der Waals surface area (Å²) in [5.41, 5.74) is 1.01. The number of halogens is 1. The highest BCUT2D eigenvalue weighted by Crippen LogP contribution is 2.45. The number of likely N-dealkylation sites (tertiary alicyclic amines) is 1. The molecule has 1 atom stereocenters. The average molecular weight is 442 g/mol. The zero-order valence-corrected chi connectivity index (χ0v) is 18.2. The summed E-state index contributed by atoms with van der Waals surface area (Å²) in [7, 11) is 3.03. The highest BCUT2D eigenvalue weighted by Gasteiger charge is 2.49. The number of Topliss-reactive ketones (excluding diaryl/α,β-unsaturated/α-hetero) is 1. The van der Waals surface area contributed by atoms with Crippen molar-refractivity contribution in [3.8, 4) is 11.5 Å². The SMILES string of the molecule is COc1cccc(C2/C(=C(\O)c3cc(Cl)ccc3OC)C(=O)C(=O)N2C2CCCC2)c1. The summed E-state index contributed by atoms with van der Waals surface area (Å²) < 4.78 is 10.7. The Balaban J connectivity index is 1.94. The number of carbonyl (C=O) groups is 2. The molecule has 1 saturated heterocycles. The fraction of sp³-hybridized carbons (Fsp3) is 0.333. The highest BCUT2D eigenvalue weighted by atomic mass is 35.5. The van der Waals surface area contributed by atoms with Crippen LogP contribution in [0, 0.1) is 0 Å². The first kappa shape index (κ1) is 21.2. The largest absolute Gasteiger partial charge is 0.507 e. The second-order valence-electron chi connectivity index (χ2n) is 7.77. The van der Waals surface area contributed by atoms with E-state index in [1.165, 1.54) is 13.2 Å². The number of carbonyl (C=O) groups excluding carboxylic acids is 2. The normalized spacial score (nSPS) is 21.0. The van der Waals surface area contributed by atoms with Crippen LogP contribution in [0.2, 0.25) is 5.02 Å². The van der Waals surface area contributed by atoms with Gasteiger partial charge < -0.3 is 19.5 Å². The van der Waals surface area contributed by atoms with E-state index in [9.17, 15) is 14.7 Å². The van der Waals surface area contributed by atoms with Crippen LogP contribution in [0.25, 0.3) is 5.76 Å². The van der Waals surface area contributed by atoms with Crippen LogP contribution in [0.15, 0.2) is 48.0 Å².